The highest BCUT2D eigenvalue weighted by molar-refractivity contribution is 7.87. The van der Waals surface area contributed by atoms with Crippen LogP contribution in [0.4, 0.5) is 32.3 Å². The van der Waals surface area contributed by atoms with Crippen LogP contribution < -0.4 is 29.6 Å². The van der Waals surface area contributed by atoms with E-state index >= 15 is 0 Å². The molecule has 6 aromatic rings. The third-order valence-corrected chi connectivity index (χ3v) is 10.3. The molecule has 6 aromatic carbocycles. The number of aryl methyl sites for hydroxylation is 2. The molecule has 4 amide bonds. The van der Waals surface area contributed by atoms with E-state index in [2.05, 4.69) is 21.3 Å². The summed E-state index contributed by atoms with van der Waals surface area (Å²) in [6.45, 7) is 3.56. The average molecular weight is 763 g/mol. The Kier molecular flexibility index (Phi) is 11.0. The average Bonchev–Trinajstić information content (AvgIpc) is 3.12. The number of urea groups is 2. The van der Waals surface area contributed by atoms with Crippen LogP contribution in [0.1, 0.15) is 11.1 Å². The maximum Gasteiger partial charge on any atom is 0.339 e. The predicted octanol–water partition coefficient (Wildman–Crippen LogP) is 8.79. The standard InChI is InChI=1S/C40H34N4O8S2/c1-27-7-3-13-37(23-27)53(47,48)51-35-11-5-9-33(25-35)43-39(45)41-31-19-15-29(16-20-31)30-17-21-32(22-18-30)42-40(46)44-34-10-6-12-36(26-34)52-54(49,50)38-14-4-8-28(2)24-38/h3-26H,1-2H3,(H2,41,43,45)(H2,42,44,46). The van der Waals surface area contributed by atoms with Gasteiger partial charge in [0.1, 0.15) is 21.3 Å². The van der Waals surface area contributed by atoms with Gasteiger partial charge in [-0.3, -0.25) is 0 Å². The molecule has 274 valence electrons. The van der Waals surface area contributed by atoms with Crippen molar-refractivity contribution in [1.82, 2.24) is 0 Å². The third kappa shape index (κ3) is 9.82. The van der Waals surface area contributed by atoms with Crippen LogP contribution in [0.5, 0.6) is 11.5 Å². The number of hydrogen-bond acceptors (Lipinski definition) is 8. The van der Waals surface area contributed by atoms with E-state index in [4.69, 9.17) is 8.37 Å². The van der Waals surface area contributed by atoms with E-state index in [1.807, 2.05) is 24.3 Å². The topological polar surface area (TPSA) is 169 Å². The Morgan fingerprint density at radius 2 is 0.778 bits per heavy atom. The highest BCUT2D eigenvalue weighted by Crippen LogP contribution is 2.26. The molecular weight excluding hydrogens is 729 g/mol. The minimum Gasteiger partial charge on any atom is -0.379 e. The van der Waals surface area contributed by atoms with Gasteiger partial charge in [0.2, 0.25) is 0 Å². The smallest absolute Gasteiger partial charge is 0.339 e. The van der Waals surface area contributed by atoms with Crippen LogP contribution in [0.3, 0.4) is 0 Å². The number of rotatable bonds is 11. The van der Waals surface area contributed by atoms with Gasteiger partial charge in [-0.2, -0.15) is 16.8 Å². The largest absolute Gasteiger partial charge is 0.379 e. The summed E-state index contributed by atoms with van der Waals surface area (Å²) in [5.74, 6) is 0.0928. The SMILES string of the molecule is Cc1cccc(S(=O)(=O)Oc2cccc(NC(=O)Nc3ccc(-c4ccc(NC(=O)Nc5cccc(OS(=O)(=O)c6cccc(C)c6)c5)cc4)cc3)c2)c1. The maximum atomic E-state index is 12.7. The summed E-state index contributed by atoms with van der Waals surface area (Å²) in [6.07, 6.45) is 0. The molecular formula is C40H34N4O8S2. The van der Waals surface area contributed by atoms with Gasteiger partial charge >= 0.3 is 32.3 Å². The van der Waals surface area contributed by atoms with Crippen LogP contribution in [0.15, 0.2) is 155 Å². The minimum atomic E-state index is -4.06. The monoisotopic (exact) mass is 762 g/mol. The Bertz CT molecular complexity index is 2360. The van der Waals surface area contributed by atoms with Crippen LogP contribution >= 0.6 is 0 Å². The van der Waals surface area contributed by atoms with Crippen LogP contribution in [-0.2, 0) is 20.2 Å². The molecule has 0 fully saturated rings. The fraction of sp³-hybridized carbons (Fsp3) is 0.0500. The molecule has 14 heteroatoms. The Morgan fingerprint density at radius 1 is 0.426 bits per heavy atom. The number of carbonyl (C=O) groups is 2. The van der Waals surface area contributed by atoms with E-state index in [0.717, 1.165) is 22.3 Å². The molecule has 0 aliphatic rings. The quantitative estimate of drug-likeness (QED) is 0.0950. The van der Waals surface area contributed by atoms with Crippen molar-refractivity contribution in [2.24, 2.45) is 0 Å². The van der Waals surface area contributed by atoms with Crippen molar-refractivity contribution in [2.75, 3.05) is 21.3 Å². The molecule has 4 N–H and O–H groups in total. The van der Waals surface area contributed by atoms with E-state index < -0.39 is 32.3 Å². The van der Waals surface area contributed by atoms with Gasteiger partial charge in [0.25, 0.3) is 0 Å². The van der Waals surface area contributed by atoms with E-state index in [0.29, 0.717) is 22.7 Å². The third-order valence-electron chi connectivity index (χ3n) is 7.77. The van der Waals surface area contributed by atoms with Gasteiger partial charge in [0.15, 0.2) is 0 Å². The fourth-order valence-corrected chi connectivity index (χ4v) is 7.28. The lowest BCUT2D eigenvalue weighted by Gasteiger charge is -2.12. The molecule has 0 saturated heterocycles. The number of anilines is 4. The molecule has 0 radical (unpaired) electrons. The van der Waals surface area contributed by atoms with E-state index in [1.54, 1.807) is 86.6 Å². The van der Waals surface area contributed by atoms with Gasteiger partial charge in [0.05, 0.1) is 0 Å². The summed E-state index contributed by atoms with van der Waals surface area (Å²) >= 11 is 0. The van der Waals surface area contributed by atoms with Gasteiger partial charge in [0, 0.05) is 34.9 Å². The second-order valence-electron chi connectivity index (χ2n) is 12.1. The number of carbonyl (C=O) groups excluding carboxylic acids is 2. The number of hydrogen-bond donors (Lipinski definition) is 4. The first-order valence-corrected chi connectivity index (χ1v) is 19.2. The molecule has 12 nitrogen and oxygen atoms in total. The van der Waals surface area contributed by atoms with Crippen molar-refractivity contribution in [3.8, 4) is 22.6 Å². The van der Waals surface area contributed by atoms with Crippen molar-refractivity contribution in [3.63, 3.8) is 0 Å². The summed E-state index contributed by atoms with van der Waals surface area (Å²) in [4.78, 5) is 25.5. The summed E-state index contributed by atoms with van der Waals surface area (Å²) in [5.41, 5.74) is 4.95. The molecule has 0 heterocycles. The lowest BCUT2D eigenvalue weighted by molar-refractivity contribution is 0.261. The number of benzene rings is 6. The predicted molar refractivity (Wildman–Crippen MR) is 208 cm³/mol. The van der Waals surface area contributed by atoms with Crippen LogP contribution in [0.2, 0.25) is 0 Å². The maximum absolute atomic E-state index is 12.7. The Labute approximate surface area is 313 Å². The normalized spacial score (nSPS) is 11.2. The van der Waals surface area contributed by atoms with Gasteiger partial charge in [-0.25, -0.2) is 9.59 Å². The first kappa shape index (κ1) is 37.1. The van der Waals surface area contributed by atoms with Gasteiger partial charge < -0.3 is 29.6 Å². The molecule has 0 aliphatic heterocycles. The molecule has 6 rings (SSSR count). The number of nitrogens with one attached hydrogen (secondary N) is 4. The fourth-order valence-electron chi connectivity index (χ4n) is 5.22. The highest BCUT2D eigenvalue weighted by atomic mass is 32.2. The summed E-state index contributed by atoms with van der Waals surface area (Å²) < 4.78 is 61.4. The molecule has 54 heavy (non-hydrogen) atoms. The zero-order valence-corrected chi connectivity index (χ0v) is 30.6. The zero-order chi connectivity index (χ0) is 38.3. The summed E-state index contributed by atoms with van der Waals surface area (Å²) in [6, 6.07) is 38.0. The first-order chi connectivity index (χ1) is 25.8. The van der Waals surface area contributed by atoms with Crippen molar-refractivity contribution in [1.29, 1.82) is 0 Å². The highest BCUT2D eigenvalue weighted by Gasteiger charge is 2.18. The van der Waals surface area contributed by atoms with Gasteiger partial charge in [-0.05, 0) is 109 Å². The van der Waals surface area contributed by atoms with Crippen molar-refractivity contribution >= 4 is 55.0 Å². The van der Waals surface area contributed by atoms with E-state index in [-0.39, 0.29) is 21.3 Å². The molecule has 0 bridgehead atoms. The zero-order valence-electron chi connectivity index (χ0n) is 28.9. The van der Waals surface area contributed by atoms with Crippen molar-refractivity contribution < 1.29 is 34.8 Å². The van der Waals surface area contributed by atoms with Crippen molar-refractivity contribution in [2.45, 2.75) is 23.6 Å². The van der Waals surface area contributed by atoms with E-state index in [9.17, 15) is 26.4 Å². The Balaban J connectivity index is 1.00. The Hall–Kier alpha value is -6.64. The lowest BCUT2D eigenvalue weighted by Crippen LogP contribution is -2.19. The van der Waals surface area contributed by atoms with Crippen LogP contribution in [0.25, 0.3) is 11.1 Å². The van der Waals surface area contributed by atoms with E-state index in [1.165, 1.54) is 48.5 Å². The minimum absolute atomic E-state index is 0.0279. The second-order valence-corrected chi connectivity index (χ2v) is 15.2. The molecule has 0 spiro atoms. The first-order valence-electron chi connectivity index (χ1n) is 16.4. The molecule has 0 unspecified atom stereocenters. The van der Waals surface area contributed by atoms with Gasteiger partial charge in [-0.1, -0.05) is 60.7 Å². The molecule has 0 saturated carbocycles. The number of amides is 4. The summed E-state index contributed by atoms with van der Waals surface area (Å²) in [5, 5.41) is 10.8. The van der Waals surface area contributed by atoms with Crippen molar-refractivity contribution in [3.05, 3.63) is 157 Å². The molecule has 0 atom stereocenters. The summed E-state index contributed by atoms with van der Waals surface area (Å²) in [7, 11) is -8.12. The lowest BCUT2D eigenvalue weighted by atomic mass is 10.1. The molecule has 0 aliphatic carbocycles. The Morgan fingerprint density at radius 3 is 1.15 bits per heavy atom. The molecule has 0 aromatic heterocycles. The van der Waals surface area contributed by atoms with Crippen LogP contribution in [0, 0.1) is 13.8 Å². The van der Waals surface area contributed by atoms with Gasteiger partial charge in [-0.15, -0.1) is 0 Å². The second kappa shape index (κ2) is 15.9. The van der Waals surface area contributed by atoms with Crippen LogP contribution in [-0.4, -0.2) is 28.9 Å².